The maximum atomic E-state index is 13.6. The van der Waals surface area contributed by atoms with E-state index in [0.29, 0.717) is 30.6 Å². The van der Waals surface area contributed by atoms with E-state index in [-0.39, 0.29) is 11.7 Å². The van der Waals surface area contributed by atoms with Crippen LogP contribution in [-0.4, -0.2) is 35.5 Å². The van der Waals surface area contributed by atoms with Gasteiger partial charge in [-0.15, -0.1) is 0 Å². The van der Waals surface area contributed by atoms with Gasteiger partial charge in [0, 0.05) is 31.7 Å². The predicted octanol–water partition coefficient (Wildman–Crippen LogP) is 3.78. The second-order valence-electron chi connectivity index (χ2n) is 7.32. The maximum Gasteiger partial charge on any atom is 0.229 e. The largest absolute Gasteiger partial charge is 0.351 e. The highest BCUT2D eigenvalue weighted by Crippen LogP contribution is 2.36. The molecule has 1 amide bonds. The van der Waals surface area contributed by atoms with Gasteiger partial charge in [0.1, 0.15) is 11.5 Å². The van der Waals surface area contributed by atoms with Crippen LogP contribution in [0.3, 0.4) is 0 Å². The van der Waals surface area contributed by atoms with Crippen LogP contribution in [0.5, 0.6) is 0 Å². The van der Waals surface area contributed by atoms with Gasteiger partial charge < -0.3 is 15.1 Å². The lowest BCUT2D eigenvalue weighted by Crippen LogP contribution is -2.34. The molecule has 6 nitrogen and oxygen atoms in total. The monoisotopic (exact) mass is 369 g/mol. The molecule has 0 spiro atoms. The SMILES string of the molecule is Cc1ccc(F)cc1Nc1ncc2c(n1)N(C1CCCC1)CCC(=O)N2C. The second-order valence-corrected chi connectivity index (χ2v) is 7.32. The molecular weight excluding hydrogens is 345 g/mol. The van der Waals surface area contributed by atoms with Crippen molar-refractivity contribution in [3.63, 3.8) is 0 Å². The van der Waals surface area contributed by atoms with Crippen molar-refractivity contribution in [2.75, 3.05) is 28.7 Å². The number of halogens is 1. The summed E-state index contributed by atoms with van der Waals surface area (Å²) in [6, 6.07) is 5.00. The number of nitrogens with zero attached hydrogens (tertiary/aromatic N) is 4. The van der Waals surface area contributed by atoms with Gasteiger partial charge in [-0.25, -0.2) is 9.37 Å². The molecule has 1 aromatic heterocycles. The molecule has 4 rings (SSSR count). The van der Waals surface area contributed by atoms with Gasteiger partial charge in [-0.05, 0) is 37.5 Å². The summed E-state index contributed by atoms with van der Waals surface area (Å²) < 4.78 is 13.6. The molecule has 1 fully saturated rings. The third kappa shape index (κ3) is 3.46. The number of benzene rings is 1. The van der Waals surface area contributed by atoms with Crippen LogP contribution in [0.2, 0.25) is 0 Å². The first-order chi connectivity index (χ1) is 13.0. The van der Waals surface area contributed by atoms with E-state index in [1.807, 2.05) is 6.92 Å². The summed E-state index contributed by atoms with van der Waals surface area (Å²) in [7, 11) is 1.77. The molecule has 142 valence electrons. The molecule has 2 heterocycles. The highest BCUT2D eigenvalue weighted by Gasteiger charge is 2.31. The lowest BCUT2D eigenvalue weighted by Gasteiger charge is -2.30. The van der Waals surface area contributed by atoms with Gasteiger partial charge in [0.2, 0.25) is 11.9 Å². The standard InChI is InChI=1S/C20H24FN5O/c1-13-7-8-14(21)11-16(13)23-20-22-12-17-19(24-20)26(15-5-3-4-6-15)10-9-18(27)25(17)2/h7-8,11-12,15H,3-6,9-10H2,1-2H3,(H,22,23,24). The van der Waals surface area contributed by atoms with Crippen molar-refractivity contribution in [3.8, 4) is 0 Å². The summed E-state index contributed by atoms with van der Waals surface area (Å²) in [5.41, 5.74) is 2.28. The fraction of sp³-hybridized carbons (Fsp3) is 0.450. The van der Waals surface area contributed by atoms with Crippen molar-refractivity contribution in [1.82, 2.24) is 9.97 Å². The molecule has 27 heavy (non-hydrogen) atoms. The molecule has 2 aliphatic rings. The zero-order chi connectivity index (χ0) is 19.0. The van der Waals surface area contributed by atoms with E-state index in [4.69, 9.17) is 4.98 Å². The quantitative estimate of drug-likeness (QED) is 0.892. The van der Waals surface area contributed by atoms with Gasteiger partial charge in [-0.2, -0.15) is 4.98 Å². The molecule has 1 aliphatic heterocycles. The first-order valence-corrected chi connectivity index (χ1v) is 9.46. The zero-order valence-electron chi connectivity index (χ0n) is 15.7. The fourth-order valence-corrected chi connectivity index (χ4v) is 3.92. The number of aryl methyl sites for hydroxylation is 1. The Morgan fingerprint density at radius 3 is 2.81 bits per heavy atom. The Morgan fingerprint density at radius 2 is 2.04 bits per heavy atom. The van der Waals surface area contributed by atoms with Gasteiger partial charge in [0.05, 0.1) is 6.20 Å². The van der Waals surface area contributed by atoms with Gasteiger partial charge in [-0.3, -0.25) is 4.79 Å². The van der Waals surface area contributed by atoms with E-state index in [2.05, 4.69) is 15.2 Å². The normalized spacial score (nSPS) is 17.8. The minimum absolute atomic E-state index is 0.0713. The molecule has 0 atom stereocenters. The summed E-state index contributed by atoms with van der Waals surface area (Å²) in [4.78, 5) is 25.4. The molecular formula is C20H24FN5O. The lowest BCUT2D eigenvalue weighted by molar-refractivity contribution is -0.118. The number of rotatable bonds is 3. The average Bonchev–Trinajstić information content (AvgIpc) is 3.15. The highest BCUT2D eigenvalue weighted by molar-refractivity contribution is 5.97. The fourth-order valence-electron chi connectivity index (χ4n) is 3.92. The number of nitrogens with one attached hydrogen (secondary N) is 1. The van der Waals surface area contributed by atoms with Crippen LogP contribution in [-0.2, 0) is 4.79 Å². The Bertz CT molecular complexity index is 865. The molecule has 1 saturated carbocycles. The summed E-state index contributed by atoms with van der Waals surface area (Å²) in [6.45, 7) is 2.57. The number of hydrogen-bond acceptors (Lipinski definition) is 5. The molecule has 1 aromatic carbocycles. The van der Waals surface area contributed by atoms with Crippen LogP contribution in [0.15, 0.2) is 24.4 Å². The third-order valence-electron chi connectivity index (χ3n) is 5.54. The summed E-state index contributed by atoms with van der Waals surface area (Å²) in [5, 5.41) is 3.13. The Hall–Kier alpha value is -2.70. The summed E-state index contributed by atoms with van der Waals surface area (Å²) >= 11 is 0. The number of hydrogen-bond donors (Lipinski definition) is 1. The molecule has 7 heteroatoms. The van der Waals surface area contributed by atoms with Gasteiger partial charge in [-0.1, -0.05) is 18.9 Å². The number of fused-ring (bicyclic) bond motifs is 1. The van der Waals surface area contributed by atoms with E-state index in [1.54, 1.807) is 24.2 Å². The lowest BCUT2D eigenvalue weighted by atomic mass is 10.2. The minimum Gasteiger partial charge on any atom is -0.351 e. The van der Waals surface area contributed by atoms with Crippen LogP contribution in [0, 0.1) is 12.7 Å². The Labute approximate surface area is 158 Å². The number of amides is 1. The van der Waals surface area contributed by atoms with Crippen molar-refractivity contribution in [2.45, 2.75) is 45.1 Å². The molecule has 0 saturated heterocycles. The van der Waals surface area contributed by atoms with Crippen LogP contribution in [0.4, 0.5) is 27.5 Å². The Morgan fingerprint density at radius 1 is 1.26 bits per heavy atom. The van der Waals surface area contributed by atoms with Crippen LogP contribution in [0.1, 0.15) is 37.7 Å². The van der Waals surface area contributed by atoms with Gasteiger partial charge >= 0.3 is 0 Å². The molecule has 0 radical (unpaired) electrons. The molecule has 1 aliphatic carbocycles. The Balaban J connectivity index is 1.72. The average molecular weight is 369 g/mol. The number of carbonyl (C=O) groups excluding carboxylic acids is 1. The van der Waals surface area contributed by atoms with E-state index in [1.165, 1.54) is 25.0 Å². The van der Waals surface area contributed by atoms with Gasteiger partial charge in [0.25, 0.3) is 0 Å². The Kier molecular flexibility index (Phi) is 4.68. The third-order valence-corrected chi connectivity index (χ3v) is 5.54. The van der Waals surface area contributed by atoms with Crippen LogP contribution < -0.4 is 15.1 Å². The first kappa shape index (κ1) is 17.7. The van der Waals surface area contributed by atoms with Crippen LogP contribution in [0.25, 0.3) is 0 Å². The number of carbonyl (C=O) groups is 1. The van der Waals surface area contributed by atoms with E-state index in [9.17, 15) is 9.18 Å². The van der Waals surface area contributed by atoms with E-state index in [0.717, 1.165) is 29.9 Å². The summed E-state index contributed by atoms with van der Waals surface area (Å²) in [5.74, 6) is 0.952. The van der Waals surface area contributed by atoms with Crippen molar-refractivity contribution in [3.05, 3.63) is 35.8 Å². The predicted molar refractivity (Wildman–Crippen MR) is 104 cm³/mol. The second kappa shape index (κ2) is 7.13. The summed E-state index contributed by atoms with van der Waals surface area (Å²) in [6.07, 6.45) is 6.80. The van der Waals surface area contributed by atoms with E-state index >= 15 is 0 Å². The van der Waals surface area contributed by atoms with Crippen molar-refractivity contribution < 1.29 is 9.18 Å². The van der Waals surface area contributed by atoms with E-state index < -0.39 is 0 Å². The molecule has 1 N–H and O–H groups in total. The zero-order valence-corrected chi connectivity index (χ0v) is 15.7. The highest BCUT2D eigenvalue weighted by atomic mass is 19.1. The van der Waals surface area contributed by atoms with Crippen molar-refractivity contribution >= 4 is 29.0 Å². The molecule has 2 aromatic rings. The first-order valence-electron chi connectivity index (χ1n) is 9.46. The van der Waals surface area contributed by atoms with Gasteiger partial charge in [0.15, 0.2) is 5.82 Å². The maximum absolute atomic E-state index is 13.6. The smallest absolute Gasteiger partial charge is 0.229 e. The topological polar surface area (TPSA) is 61.4 Å². The van der Waals surface area contributed by atoms with Crippen molar-refractivity contribution in [2.24, 2.45) is 0 Å². The minimum atomic E-state index is -0.309. The number of anilines is 4. The number of aromatic nitrogens is 2. The van der Waals surface area contributed by atoms with Crippen LogP contribution >= 0.6 is 0 Å². The molecule has 0 bridgehead atoms. The molecule has 0 unspecified atom stereocenters. The van der Waals surface area contributed by atoms with Crippen molar-refractivity contribution in [1.29, 1.82) is 0 Å².